The van der Waals surface area contributed by atoms with Gasteiger partial charge in [0.25, 0.3) is 0 Å². The first-order valence-electron chi connectivity index (χ1n) is 5.44. The van der Waals surface area contributed by atoms with Crippen LogP contribution >= 0.6 is 23.4 Å². The molecule has 0 aliphatic heterocycles. The van der Waals surface area contributed by atoms with Crippen LogP contribution in [0.2, 0.25) is 0 Å². The van der Waals surface area contributed by atoms with Crippen LogP contribution in [0.3, 0.4) is 0 Å². The van der Waals surface area contributed by atoms with Gasteiger partial charge in [0.1, 0.15) is 0 Å². The van der Waals surface area contributed by atoms with Gasteiger partial charge in [-0.3, -0.25) is 0 Å². The summed E-state index contributed by atoms with van der Waals surface area (Å²) in [4.78, 5) is 13.1. The molecule has 0 aliphatic rings. The quantitative estimate of drug-likeness (QED) is 0.623. The van der Waals surface area contributed by atoms with Gasteiger partial charge < -0.3 is 15.1 Å². The number of likely N-dealkylation sites (N-methyl/N-ethyl adjacent to an activating group) is 1. The number of carboxylic acid groups (broad SMARTS) is 1. The summed E-state index contributed by atoms with van der Waals surface area (Å²) in [6.07, 6.45) is -1.94. The summed E-state index contributed by atoms with van der Waals surface area (Å²) in [6, 6.07) is 9.10. The molecule has 0 fully saturated rings. The Morgan fingerprint density at radius 3 is 2.56 bits per heavy atom. The average molecular weight is 290 g/mol. The fourth-order valence-electron chi connectivity index (χ4n) is 1.42. The van der Waals surface area contributed by atoms with E-state index in [-0.39, 0.29) is 5.88 Å². The second kappa shape index (κ2) is 7.51. The molecule has 4 nitrogen and oxygen atoms in total. The minimum Gasteiger partial charge on any atom is -0.465 e. The lowest BCUT2D eigenvalue weighted by atomic mass is 10.2. The third-order valence-electron chi connectivity index (χ3n) is 2.57. The maximum absolute atomic E-state index is 10.9. The van der Waals surface area contributed by atoms with Crippen molar-refractivity contribution in [1.29, 1.82) is 0 Å². The molecule has 100 valence electrons. The van der Waals surface area contributed by atoms with Gasteiger partial charge in [0.15, 0.2) is 0 Å². The molecule has 1 rings (SSSR count). The smallest absolute Gasteiger partial charge is 0.407 e. The lowest BCUT2D eigenvalue weighted by Gasteiger charge is -2.28. The van der Waals surface area contributed by atoms with Crippen molar-refractivity contribution in [1.82, 2.24) is 4.90 Å². The number of carbonyl (C=O) groups is 1. The maximum atomic E-state index is 10.9. The van der Waals surface area contributed by atoms with E-state index in [0.29, 0.717) is 5.75 Å². The lowest BCUT2D eigenvalue weighted by Crippen LogP contribution is -2.46. The third kappa shape index (κ3) is 4.40. The number of nitrogens with zero attached hydrogens (tertiary/aromatic N) is 1. The highest BCUT2D eigenvalue weighted by atomic mass is 35.5. The number of aliphatic hydroxyl groups excluding tert-OH is 1. The predicted octanol–water partition coefficient (Wildman–Crippen LogP) is 2.36. The number of thioether (sulfide) groups is 1. The minimum atomic E-state index is -1.07. The molecule has 1 amide bonds. The Morgan fingerprint density at radius 1 is 1.44 bits per heavy atom. The molecule has 2 unspecified atom stereocenters. The molecule has 18 heavy (non-hydrogen) atoms. The Balaban J connectivity index is 2.64. The molecule has 0 bridgehead atoms. The number of hydrogen-bond acceptors (Lipinski definition) is 3. The summed E-state index contributed by atoms with van der Waals surface area (Å²) in [5, 5.41) is 18.7. The normalized spacial score (nSPS) is 13.9. The van der Waals surface area contributed by atoms with E-state index in [2.05, 4.69) is 0 Å². The zero-order chi connectivity index (χ0) is 13.5. The van der Waals surface area contributed by atoms with Crippen molar-refractivity contribution < 1.29 is 15.0 Å². The van der Waals surface area contributed by atoms with Crippen LogP contribution in [0.25, 0.3) is 0 Å². The highest BCUT2D eigenvalue weighted by Crippen LogP contribution is 2.21. The Hall–Kier alpha value is -0.910. The van der Waals surface area contributed by atoms with E-state index < -0.39 is 18.2 Å². The molecule has 0 spiro atoms. The Morgan fingerprint density at radius 2 is 2.06 bits per heavy atom. The second-order valence-corrected chi connectivity index (χ2v) is 5.21. The van der Waals surface area contributed by atoms with Gasteiger partial charge in [0.05, 0.1) is 18.0 Å². The Bertz CT molecular complexity index is 377. The zero-order valence-electron chi connectivity index (χ0n) is 9.99. The van der Waals surface area contributed by atoms with Crippen molar-refractivity contribution in [2.24, 2.45) is 0 Å². The second-order valence-electron chi connectivity index (χ2n) is 3.81. The van der Waals surface area contributed by atoms with E-state index in [4.69, 9.17) is 16.7 Å². The van der Waals surface area contributed by atoms with E-state index in [0.717, 1.165) is 9.80 Å². The zero-order valence-corrected chi connectivity index (χ0v) is 11.6. The first-order valence-corrected chi connectivity index (χ1v) is 6.96. The highest BCUT2D eigenvalue weighted by Gasteiger charge is 2.26. The van der Waals surface area contributed by atoms with Crippen molar-refractivity contribution in [3.05, 3.63) is 30.3 Å². The predicted molar refractivity (Wildman–Crippen MR) is 73.5 cm³/mol. The first-order chi connectivity index (χ1) is 8.56. The minimum absolute atomic E-state index is 0.0115. The molecule has 0 aliphatic carbocycles. The third-order valence-corrected chi connectivity index (χ3v) is 4.00. The van der Waals surface area contributed by atoms with Crippen LogP contribution < -0.4 is 0 Å². The lowest BCUT2D eigenvalue weighted by molar-refractivity contribution is 0.0819. The molecule has 2 atom stereocenters. The molecule has 2 N–H and O–H groups in total. The largest absolute Gasteiger partial charge is 0.465 e. The van der Waals surface area contributed by atoms with E-state index in [1.807, 2.05) is 30.3 Å². The van der Waals surface area contributed by atoms with Crippen molar-refractivity contribution in [2.45, 2.75) is 17.0 Å². The molecule has 0 radical (unpaired) electrons. The average Bonchev–Trinajstić information content (AvgIpc) is 2.39. The summed E-state index contributed by atoms with van der Waals surface area (Å²) < 4.78 is 0. The SMILES string of the molecule is CN(C(=O)O)C(CSc1ccccc1)C(O)CCl. The van der Waals surface area contributed by atoms with Crippen LogP contribution in [-0.2, 0) is 0 Å². The van der Waals surface area contributed by atoms with E-state index in [9.17, 15) is 9.90 Å². The van der Waals surface area contributed by atoms with Gasteiger partial charge in [0, 0.05) is 17.7 Å². The number of amides is 1. The molecule has 0 saturated heterocycles. The monoisotopic (exact) mass is 289 g/mol. The van der Waals surface area contributed by atoms with Crippen LogP contribution in [0.5, 0.6) is 0 Å². The number of rotatable bonds is 6. The molecule has 6 heteroatoms. The highest BCUT2D eigenvalue weighted by molar-refractivity contribution is 7.99. The van der Waals surface area contributed by atoms with Gasteiger partial charge >= 0.3 is 6.09 Å². The Labute approximate surface area is 116 Å². The molecule has 0 heterocycles. The molecule has 0 saturated carbocycles. The summed E-state index contributed by atoms with van der Waals surface area (Å²) >= 11 is 7.09. The van der Waals surface area contributed by atoms with Gasteiger partial charge in [-0.1, -0.05) is 18.2 Å². The van der Waals surface area contributed by atoms with Gasteiger partial charge in [-0.15, -0.1) is 23.4 Å². The number of aliphatic hydroxyl groups is 1. The van der Waals surface area contributed by atoms with Crippen LogP contribution in [0.1, 0.15) is 0 Å². The van der Waals surface area contributed by atoms with Crippen LogP contribution in [0.15, 0.2) is 35.2 Å². The fraction of sp³-hybridized carbons (Fsp3) is 0.417. The van der Waals surface area contributed by atoms with E-state index in [1.54, 1.807) is 0 Å². The summed E-state index contributed by atoms with van der Waals surface area (Å²) in [5.41, 5.74) is 0. The van der Waals surface area contributed by atoms with Gasteiger partial charge in [0.2, 0.25) is 0 Å². The van der Waals surface area contributed by atoms with E-state index >= 15 is 0 Å². The summed E-state index contributed by atoms with van der Waals surface area (Å²) in [5.74, 6) is 0.471. The van der Waals surface area contributed by atoms with E-state index in [1.165, 1.54) is 18.8 Å². The van der Waals surface area contributed by atoms with Gasteiger partial charge in [-0.2, -0.15) is 0 Å². The Kier molecular flexibility index (Phi) is 6.32. The molecule has 1 aromatic rings. The summed E-state index contributed by atoms with van der Waals surface area (Å²) in [6.45, 7) is 0. The van der Waals surface area contributed by atoms with Crippen LogP contribution in [0, 0.1) is 0 Å². The molecule has 0 aromatic heterocycles. The fourth-order valence-corrected chi connectivity index (χ4v) is 2.79. The molecule has 1 aromatic carbocycles. The maximum Gasteiger partial charge on any atom is 0.407 e. The number of alkyl halides is 1. The van der Waals surface area contributed by atoms with Gasteiger partial charge in [-0.25, -0.2) is 4.79 Å². The van der Waals surface area contributed by atoms with Crippen molar-refractivity contribution in [3.8, 4) is 0 Å². The molecular formula is C12H16ClNO3S. The summed E-state index contributed by atoms with van der Waals surface area (Å²) in [7, 11) is 1.44. The van der Waals surface area contributed by atoms with Crippen molar-refractivity contribution in [3.63, 3.8) is 0 Å². The standard InChI is InChI=1S/C12H16ClNO3S/c1-14(12(16)17)10(11(15)7-13)8-18-9-5-3-2-4-6-9/h2-6,10-11,15H,7-8H2,1H3,(H,16,17). The molecular weight excluding hydrogens is 274 g/mol. The van der Waals surface area contributed by atoms with Crippen LogP contribution in [0.4, 0.5) is 4.79 Å². The number of halogens is 1. The number of benzene rings is 1. The number of hydrogen-bond donors (Lipinski definition) is 2. The van der Waals surface area contributed by atoms with Crippen molar-refractivity contribution in [2.75, 3.05) is 18.7 Å². The van der Waals surface area contributed by atoms with Gasteiger partial charge in [-0.05, 0) is 12.1 Å². The van der Waals surface area contributed by atoms with Crippen molar-refractivity contribution >= 4 is 29.5 Å². The topological polar surface area (TPSA) is 60.8 Å². The van der Waals surface area contributed by atoms with Crippen LogP contribution in [-0.4, -0.2) is 52.0 Å². The first kappa shape index (κ1) is 15.1.